The van der Waals surface area contributed by atoms with Gasteiger partial charge in [-0.1, -0.05) is 6.92 Å². The summed E-state index contributed by atoms with van der Waals surface area (Å²) in [5.41, 5.74) is 0. The zero-order valence-corrected chi connectivity index (χ0v) is 12.6. The van der Waals surface area contributed by atoms with E-state index in [1.54, 1.807) is 30.2 Å². The van der Waals surface area contributed by atoms with Gasteiger partial charge in [0.2, 0.25) is 0 Å². The summed E-state index contributed by atoms with van der Waals surface area (Å²) in [5.74, 6) is 1.01. The molecule has 20 heavy (non-hydrogen) atoms. The monoisotopic (exact) mass is 300 g/mol. The minimum atomic E-state index is -0.234. The van der Waals surface area contributed by atoms with E-state index in [2.05, 4.69) is 4.74 Å². The van der Waals surface area contributed by atoms with Crippen LogP contribution in [0.1, 0.15) is 31.9 Å². The highest BCUT2D eigenvalue weighted by molar-refractivity contribution is 7.99. The zero-order valence-electron chi connectivity index (χ0n) is 11.8. The van der Waals surface area contributed by atoms with E-state index in [4.69, 9.17) is 9.15 Å². The van der Waals surface area contributed by atoms with E-state index in [-0.39, 0.29) is 23.8 Å². The molecule has 1 aromatic heterocycles. The molecular formula is C14H20O5S. The molecule has 0 aromatic carbocycles. The molecule has 1 unspecified atom stereocenters. The summed E-state index contributed by atoms with van der Waals surface area (Å²) in [7, 11) is 1.38. The van der Waals surface area contributed by atoms with Gasteiger partial charge in [0.15, 0.2) is 0 Å². The smallest absolute Gasteiger partial charge is 0.306 e. The third-order valence-electron chi connectivity index (χ3n) is 2.56. The van der Waals surface area contributed by atoms with Gasteiger partial charge in [0.05, 0.1) is 19.8 Å². The first-order valence-corrected chi connectivity index (χ1v) is 7.53. The largest absolute Gasteiger partial charge is 0.469 e. The van der Waals surface area contributed by atoms with Crippen LogP contribution in [0, 0.1) is 0 Å². The normalized spacial score (nSPS) is 11.9. The fourth-order valence-corrected chi connectivity index (χ4v) is 2.46. The fraction of sp³-hybridized carbons (Fsp3) is 0.571. The minimum Gasteiger partial charge on any atom is -0.469 e. The van der Waals surface area contributed by atoms with Crippen LogP contribution >= 0.6 is 11.8 Å². The molecule has 112 valence electrons. The van der Waals surface area contributed by atoms with Gasteiger partial charge in [-0.15, -0.1) is 0 Å². The number of hydrogen-bond acceptors (Lipinski definition) is 6. The topological polar surface area (TPSA) is 65.7 Å². The molecule has 6 heteroatoms. The summed E-state index contributed by atoms with van der Waals surface area (Å²) >= 11 is 1.65. The number of thioether (sulfide) groups is 1. The molecule has 1 aromatic rings. The second-order valence-corrected chi connectivity index (χ2v) is 5.85. The van der Waals surface area contributed by atoms with Crippen LogP contribution in [0.15, 0.2) is 22.8 Å². The van der Waals surface area contributed by atoms with E-state index >= 15 is 0 Å². The predicted octanol–water partition coefficient (Wildman–Crippen LogP) is 2.79. The molecule has 0 amide bonds. The molecule has 1 heterocycles. The lowest BCUT2D eigenvalue weighted by molar-refractivity contribution is -0.145. The average molecular weight is 300 g/mol. The number of hydrogen-bond donors (Lipinski definition) is 0. The van der Waals surface area contributed by atoms with Crippen molar-refractivity contribution in [3.8, 4) is 0 Å². The summed E-state index contributed by atoms with van der Waals surface area (Å²) in [6, 6.07) is 3.51. The van der Waals surface area contributed by atoms with E-state index in [1.165, 1.54) is 7.11 Å². The molecule has 0 N–H and O–H groups in total. The number of carbonyl (C=O) groups excluding carboxylic acids is 2. The Hall–Kier alpha value is -1.43. The van der Waals surface area contributed by atoms with Gasteiger partial charge in [-0.05, 0) is 24.3 Å². The van der Waals surface area contributed by atoms with Crippen molar-refractivity contribution in [3.05, 3.63) is 24.2 Å². The van der Waals surface area contributed by atoms with Gasteiger partial charge < -0.3 is 13.9 Å². The van der Waals surface area contributed by atoms with Crippen LogP contribution < -0.4 is 0 Å². The van der Waals surface area contributed by atoms with Crippen LogP contribution in [0.4, 0.5) is 0 Å². The Labute approximate surface area is 123 Å². The zero-order chi connectivity index (χ0) is 14.8. The number of rotatable bonds is 9. The standard InChI is InChI=1S/C14H20O5S/c1-11(9-14(16)17-2)20-8-4-6-13(15)19-10-12-5-3-7-18-12/h3,5,7,11H,4,6,8-10H2,1-2H3. The molecular weight excluding hydrogens is 280 g/mol. The maximum absolute atomic E-state index is 11.5. The van der Waals surface area contributed by atoms with Crippen LogP contribution in [-0.2, 0) is 25.7 Å². The molecule has 0 aliphatic carbocycles. The Kier molecular flexibility index (Phi) is 7.87. The average Bonchev–Trinajstić information content (AvgIpc) is 2.94. The summed E-state index contributed by atoms with van der Waals surface area (Å²) in [5, 5.41) is 0.196. The van der Waals surface area contributed by atoms with Crippen LogP contribution in [0.3, 0.4) is 0 Å². The van der Waals surface area contributed by atoms with Gasteiger partial charge in [0.1, 0.15) is 12.4 Å². The maximum Gasteiger partial charge on any atom is 0.306 e. The first kappa shape index (κ1) is 16.6. The summed E-state index contributed by atoms with van der Waals surface area (Å²) < 4.78 is 14.7. The van der Waals surface area contributed by atoms with Crippen LogP contribution in [0.25, 0.3) is 0 Å². The highest BCUT2D eigenvalue weighted by atomic mass is 32.2. The first-order chi connectivity index (χ1) is 9.61. The van der Waals surface area contributed by atoms with Gasteiger partial charge in [0, 0.05) is 11.7 Å². The van der Waals surface area contributed by atoms with Crippen molar-refractivity contribution in [3.63, 3.8) is 0 Å². The highest BCUT2D eigenvalue weighted by Gasteiger charge is 2.10. The van der Waals surface area contributed by atoms with Crippen LogP contribution in [0.2, 0.25) is 0 Å². The van der Waals surface area contributed by atoms with Gasteiger partial charge in [-0.3, -0.25) is 9.59 Å². The molecule has 0 aliphatic rings. The van der Waals surface area contributed by atoms with E-state index in [1.807, 2.05) is 6.92 Å². The van der Waals surface area contributed by atoms with E-state index in [9.17, 15) is 9.59 Å². The quantitative estimate of drug-likeness (QED) is 0.516. The van der Waals surface area contributed by atoms with Crippen molar-refractivity contribution in [2.75, 3.05) is 12.9 Å². The van der Waals surface area contributed by atoms with E-state index in [0.29, 0.717) is 18.6 Å². The molecule has 0 radical (unpaired) electrons. The van der Waals surface area contributed by atoms with Gasteiger partial charge >= 0.3 is 11.9 Å². The van der Waals surface area contributed by atoms with Gasteiger partial charge in [-0.2, -0.15) is 11.8 Å². The second kappa shape index (κ2) is 9.47. The molecule has 0 spiro atoms. The molecule has 5 nitrogen and oxygen atoms in total. The molecule has 0 aliphatic heterocycles. The van der Waals surface area contributed by atoms with E-state index in [0.717, 1.165) is 12.2 Å². The molecule has 0 bridgehead atoms. The lowest BCUT2D eigenvalue weighted by atomic mass is 10.3. The third kappa shape index (κ3) is 7.23. The van der Waals surface area contributed by atoms with E-state index < -0.39 is 0 Å². The lowest BCUT2D eigenvalue weighted by Gasteiger charge is -2.09. The molecule has 1 rings (SSSR count). The molecule has 1 atom stereocenters. The fourth-order valence-electron chi connectivity index (χ4n) is 1.50. The van der Waals surface area contributed by atoms with Crippen LogP contribution in [-0.4, -0.2) is 30.1 Å². The Balaban J connectivity index is 2.02. The predicted molar refractivity (Wildman–Crippen MR) is 76.3 cm³/mol. The summed E-state index contributed by atoms with van der Waals surface area (Å²) in [6.07, 6.45) is 3.04. The van der Waals surface area contributed by atoms with Crippen molar-refractivity contribution in [2.24, 2.45) is 0 Å². The second-order valence-electron chi connectivity index (χ2n) is 4.31. The van der Waals surface area contributed by atoms with Crippen molar-refractivity contribution >= 4 is 23.7 Å². The van der Waals surface area contributed by atoms with Crippen molar-refractivity contribution in [1.82, 2.24) is 0 Å². The number of carbonyl (C=O) groups is 2. The SMILES string of the molecule is COC(=O)CC(C)SCCCC(=O)OCc1ccco1. The Morgan fingerprint density at radius 1 is 1.40 bits per heavy atom. The third-order valence-corrected chi connectivity index (χ3v) is 3.82. The number of esters is 2. The number of methoxy groups -OCH3 is 1. The Bertz CT molecular complexity index is 402. The van der Waals surface area contributed by atoms with Gasteiger partial charge in [-0.25, -0.2) is 0 Å². The molecule has 0 fully saturated rings. The maximum atomic E-state index is 11.5. The number of ether oxygens (including phenoxy) is 2. The van der Waals surface area contributed by atoms with Crippen molar-refractivity contribution < 1.29 is 23.5 Å². The van der Waals surface area contributed by atoms with Crippen molar-refractivity contribution in [1.29, 1.82) is 0 Å². The Morgan fingerprint density at radius 3 is 2.85 bits per heavy atom. The van der Waals surface area contributed by atoms with Crippen LogP contribution in [0.5, 0.6) is 0 Å². The summed E-state index contributed by atoms with van der Waals surface area (Å²) in [4.78, 5) is 22.5. The first-order valence-electron chi connectivity index (χ1n) is 6.48. The number of furan rings is 1. The van der Waals surface area contributed by atoms with Gasteiger partial charge in [0.25, 0.3) is 0 Å². The van der Waals surface area contributed by atoms with Crippen molar-refractivity contribution in [2.45, 2.75) is 38.0 Å². The highest BCUT2D eigenvalue weighted by Crippen LogP contribution is 2.16. The molecule has 0 saturated heterocycles. The summed E-state index contributed by atoms with van der Waals surface area (Å²) in [6.45, 7) is 2.15. The Morgan fingerprint density at radius 2 is 2.20 bits per heavy atom. The molecule has 0 saturated carbocycles. The lowest BCUT2D eigenvalue weighted by Crippen LogP contribution is -2.09. The minimum absolute atomic E-state index is 0.178.